The number of carbonyl (C=O) groups is 1. The standard InChI is InChI=1S/C15H21ClO3/c1-3-15(2,12-8-5-4-6-9-12)14(18)19-13(16)10-7-11-17/h4-6,8-9,13,17H,3,7,10-11H2,1-2H3. The number of halogens is 1. The molecule has 1 aromatic rings. The molecule has 1 N–H and O–H groups in total. The van der Waals surface area contributed by atoms with E-state index in [4.69, 9.17) is 21.4 Å². The summed E-state index contributed by atoms with van der Waals surface area (Å²) in [5.41, 5.74) is -0.448. The van der Waals surface area contributed by atoms with Crippen LogP contribution in [0, 0.1) is 0 Å². The van der Waals surface area contributed by atoms with Crippen molar-refractivity contribution < 1.29 is 14.6 Å². The van der Waals surface area contributed by atoms with E-state index in [0.717, 1.165) is 5.56 Å². The molecule has 0 saturated carbocycles. The van der Waals surface area contributed by atoms with E-state index in [1.165, 1.54) is 0 Å². The number of alkyl halides is 1. The van der Waals surface area contributed by atoms with Crippen LogP contribution in [0.3, 0.4) is 0 Å². The molecule has 2 atom stereocenters. The molecule has 0 fully saturated rings. The third-order valence-electron chi connectivity index (χ3n) is 3.39. The molecule has 1 aromatic carbocycles. The van der Waals surface area contributed by atoms with Crippen LogP contribution in [0.5, 0.6) is 0 Å². The van der Waals surface area contributed by atoms with Gasteiger partial charge in [0.1, 0.15) is 0 Å². The van der Waals surface area contributed by atoms with Crippen molar-refractivity contribution in [3.05, 3.63) is 35.9 Å². The second-order valence-electron chi connectivity index (χ2n) is 4.73. The van der Waals surface area contributed by atoms with E-state index in [9.17, 15) is 4.79 Å². The van der Waals surface area contributed by atoms with Crippen LogP contribution in [-0.2, 0) is 14.9 Å². The summed E-state index contributed by atoms with van der Waals surface area (Å²) >= 11 is 5.95. The molecule has 0 aliphatic rings. The maximum absolute atomic E-state index is 12.3. The smallest absolute Gasteiger partial charge is 0.317 e. The molecule has 0 heterocycles. The summed E-state index contributed by atoms with van der Waals surface area (Å²) in [5.74, 6) is -0.320. The van der Waals surface area contributed by atoms with E-state index < -0.39 is 11.0 Å². The number of hydrogen-bond donors (Lipinski definition) is 1. The number of ether oxygens (including phenoxy) is 1. The topological polar surface area (TPSA) is 46.5 Å². The minimum Gasteiger partial charge on any atom is -0.445 e. The lowest BCUT2D eigenvalue weighted by atomic mass is 9.80. The summed E-state index contributed by atoms with van der Waals surface area (Å²) in [4.78, 5) is 12.3. The van der Waals surface area contributed by atoms with Gasteiger partial charge in [0.15, 0.2) is 5.56 Å². The lowest BCUT2D eigenvalue weighted by molar-refractivity contribution is -0.152. The number of esters is 1. The summed E-state index contributed by atoms with van der Waals surface area (Å²) in [6.45, 7) is 3.86. The molecule has 19 heavy (non-hydrogen) atoms. The number of aliphatic hydroxyl groups is 1. The molecular formula is C15H21ClO3. The molecule has 0 radical (unpaired) electrons. The second-order valence-corrected chi connectivity index (χ2v) is 5.22. The summed E-state index contributed by atoms with van der Waals surface area (Å²) in [7, 11) is 0. The minimum atomic E-state index is -0.687. The van der Waals surface area contributed by atoms with Crippen molar-refractivity contribution in [1.82, 2.24) is 0 Å². The van der Waals surface area contributed by atoms with Gasteiger partial charge in [-0.1, -0.05) is 48.9 Å². The van der Waals surface area contributed by atoms with Crippen LogP contribution in [0.4, 0.5) is 0 Å². The number of benzene rings is 1. The molecule has 0 amide bonds. The summed E-state index contributed by atoms with van der Waals surface area (Å²) in [5, 5.41) is 8.73. The van der Waals surface area contributed by atoms with Crippen LogP contribution in [0.2, 0.25) is 0 Å². The summed E-state index contributed by atoms with van der Waals surface area (Å²) in [6, 6.07) is 9.56. The molecule has 2 unspecified atom stereocenters. The van der Waals surface area contributed by atoms with Gasteiger partial charge in [-0.25, -0.2) is 0 Å². The van der Waals surface area contributed by atoms with E-state index in [2.05, 4.69) is 0 Å². The van der Waals surface area contributed by atoms with Gasteiger partial charge in [-0.2, -0.15) is 0 Å². The van der Waals surface area contributed by atoms with Gasteiger partial charge in [0.05, 0.1) is 5.41 Å². The molecule has 0 spiro atoms. The largest absolute Gasteiger partial charge is 0.445 e. The Morgan fingerprint density at radius 2 is 2.05 bits per heavy atom. The zero-order chi connectivity index (χ0) is 14.3. The Morgan fingerprint density at radius 1 is 1.42 bits per heavy atom. The van der Waals surface area contributed by atoms with Crippen molar-refractivity contribution in [3.63, 3.8) is 0 Å². The first-order chi connectivity index (χ1) is 9.04. The first-order valence-electron chi connectivity index (χ1n) is 6.56. The van der Waals surface area contributed by atoms with Gasteiger partial charge in [0.2, 0.25) is 0 Å². The number of rotatable bonds is 7. The lowest BCUT2D eigenvalue weighted by Gasteiger charge is -2.27. The Balaban J connectivity index is 2.76. The fourth-order valence-electron chi connectivity index (χ4n) is 1.83. The second kappa shape index (κ2) is 7.51. The van der Waals surface area contributed by atoms with E-state index in [0.29, 0.717) is 19.3 Å². The van der Waals surface area contributed by atoms with Crippen LogP contribution in [0.1, 0.15) is 38.7 Å². The third kappa shape index (κ3) is 4.22. The fraction of sp³-hybridized carbons (Fsp3) is 0.533. The van der Waals surface area contributed by atoms with Crippen molar-refractivity contribution in [1.29, 1.82) is 0 Å². The molecule has 3 nitrogen and oxygen atoms in total. The molecule has 0 aliphatic heterocycles. The lowest BCUT2D eigenvalue weighted by Crippen LogP contribution is -2.35. The van der Waals surface area contributed by atoms with Crippen LogP contribution < -0.4 is 0 Å². The Morgan fingerprint density at radius 3 is 2.58 bits per heavy atom. The van der Waals surface area contributed by atoms with Crippen LogP contribution in [0.15, 0.2) is 30.3 Å². The van der Waals surface area contributed by atoms with E-state index in [-0.39, 0.29) is 12.6 Å². The molecule has 4 heteroatoms. The van der Waals surface area contributed by atoms with Gasteiger partial charge >= 0.3 is 5.97 Å². The number of aliphatic hydroxyl groups excluding tert-OH is 1. The number of hydrogen-bond acceptors (Lipinski definition) is 3. The Hall–Kier alpha value is -1.06. The zero-order valence-electron chi connectivity index (χ0n) is 11.4. The van der Waals surface area contributed by atoms with Crippen molar-refractivity contribution in [3.8, 4) is 0 Å². The predicted molar refractivity (Wildman–Crippen MR) is 76.1 cm³/mol. The van der Waals surface area contributed by atoms with Crippen LogP contribution in [-0.4, -0.2) is 23.2 Å². The third-order valence-corrected chi connectivity index (χ3v) is 3.70. The maximum atomic E-state index is 12.3. The van der Waals surface area contributed by atoms with Crippen LogP contribution >= 0.6 is 11.6 Å². The zero-order valence-corrected chi connectivity index (χ0v) is 12.2. The predicted octanol–water partition coefficient (Wildman–Crippen LogP) is 3.23. The van der Waals surface area contributed by atoms with Crippen LogP contribution in [0.25, 0.3) is 0 Å². The highest BCUT2D eigenvalue weighted by atomic mass is 35.5. The van der Waals surface area contributed by atoms with Gasteiger partial charge in [-0.3, -0.25) is 4.79 Å². The molecule has 0 aromatic heterocycles. The van der Waals surface area contributed by atoms with Gasteiger partial charge in [-0.15, -0.1) is 0 Å². The molecule has 1 rings (SSSR count). The normalized spacial score (nSPS) is 15.6. The maximum Gasteiger partial charge on any atom is 0.317 e. The van der Waals surface area contributed by atoms with Gasteiger partial charge in [0, 0.05) is 13.0 Å². The van der Waals surface area contributed by atoms with Gasteiger partial charge in [0.25, 0.3) is 0 Å². The molecular weight excluding hydrogens is 264 g/mol. The Bertz CT molecular complexity index is 394. The van der Waals surface area contributed by atoms with Crippen molar-refractivity contribution in [2.45, 2.75) is 44.1 Å². The molecule has 0 saturated heterocycles. The quantitative estimate of drug-likeness (QED) is 0.618. The first-order valence-corrected chi connectivity index (χ1v) is 6.99. The molecule has 0 bridgehead atoms. The molecule has 106 valence electrons. The summed E-state index contributed by atoms with van der Waals surface area (Å²) < 4.78 is 5.28. The Kier molecular flexibility index (Phi) is 6.32. The monoisotopic (exact) mass is 284 g/mol. The molecule has 0 aliphatic carbocycles. The SMILES string of the molecule is CCC(C)(C(=O)OC(Cl)CCCO)c1ccccc1. The van der Waals surface area contributed by atoms with Gasteiger partial charge < -0.3 is 9.84 Å². The minimum absolute atomic E-state index is 0.0461. The van der Waals surface area contributed by atoms with E-state index in [1.807, 2.05) is 44.2 Å². The fourth-order valence-corrected chi connectivity index (χ4v) is 2.06. The Labute approximate surface area is 119 Å². The van der Waals surface area contributed by atoms with E-state index >= 15 is 0 Å². The van der Waals surface area contributed by atoms with Crippen molar-refractivity contribution >= 4 is 17.6 Å². The van der Waals surface area contributed by atoms with Crippen molar-refractivity contribution in [2.75, 3.05) is 6.61 Å². The highest BCUT2D eigenvalue weighted by Gasteiger charge is 2.36. The van der Waals surface area contributed by atoms with Gasteiger partial charge in [-0.05, 0) is 25.3 Å². The first kappa shape index (κ1) is 16.0. The average molecular weight is 285 g/mol. The highest BCUT2D eigenvalue weighted by molar-refractivity contribution is 6.20. The summed E-state index contributed by atoms with van der Waals surface area (Å²) in [6.07, 6.45) is 1.62. The highest BCUT2D eigenvalue weighted by Crippen LogP contribution is 2.30. The number of carbonyl (C=O) groups excluding carboxylic acids is 1. The van der Waals surface area contributed by atoms with E-state index in [1.54, 1.807) is 0 Å². The average Bonchev–Trinajstić information content (AvgIpc) is 2.45. The van der Waals surface area contributed by atoms with Crippen molar-refractivity contribution in [2.24, 2.45) is 0 Å².